The Kier molecular flexibility index (Phi) is 4.31. The van der Waals surface area contributed by atoms with E-state index in [4.69, 9.17) is 0 Å². The maximum atomic E-state index is 13.2. The van der Waals surface area contributed by atoms with E-state index in [9.17, 15) is 23.1 Å². The molecule has 0 aliphatic heterocycles. The highest BCUT2D eigenvalue weighted by molar-refractivity contribution is 5.86. The number of rotatable bonds is 3. The quantitative estimate of drug-likeness (QED) is 0.719. The summed E-state index contributed by atoms with van der Waals surface area (Å²) in [6, 6.07) is 11.8. The maximum Gasteiger partial charge on any atom is 0.435 e. The maximum absolute atomic E-state index is 13.2. The highest BCUT2D eigenvalue weighted by Crippen LogP contribution is 2.34. The normalized spacial score (nSPS) is 11.6. The number of carbonyl (C=O) groups excluding carboxylic acids is 1. The number of aryl methyl sites for hydroxylation is 2. The van der Waals surface area contributed by atoms with Crippen molar-refractivity contribution in [2.45, 2.75) is 20.0 Å². The molecule has 0 aliphatic carbocycles. The van der Waals surface area contributed by atoms with Crippen molar-refractivity contribution in [1.29, 1.82) is 0 Å². The van der Waals surface area contributed by atoms with Gasteiger partial charge < -0.3 is 9.90 Å². The second kappa shape index (κ2) is 6.33. The molecule has 0 atom stereocenters. The minimum atomic E-state index is -4.59. The van der Waals surface area contributed by atoms with Gasteiger partial charge >= 0.3 is 6.18 Å². The van der Waals surface area contributed by atoms with E-state index >= 15 is 0 Å². The van der Waals surface area contributed by atoms with Crippen molar-refractivity contribution in [3.8, 4) is 16.9 Å². The Morgan fingerprint density at radius 2 is 1.69 bits per heavy atom. The summed E-state index contributed by atoms with van der Waals surface area (Å²) in [6.07, 6.45) is -4.59. The summed E-state index contributed by atoms with van der Waals surface area (Å²) in [5, 5.41) is 14.6. The molecule has 0 aliphatic rings. The third-order valence-corrected chi connectivity index (χ3v) is 4.02. The smallest absolute Gasteiger partial charge is 0.435 e. The van der Waals surface area contributed by atoms with Crippen molar-refractivity contribution >= 4 is 5.97 Å². The van der Waals surface area contributed by atoms with E-state index in [-0.39, 0.29) is 11.3 Å². The van der Waals surface area contributed by atoms with Crippen LogP contribution in [0.1, 0.15) is 27.2 Å². The van der Waals surface area contributed by atoms with Gasteiger partial charge in [-0.3, -0.25) is 0 Å². The van der Waals surface area contributed by atoms with Gasteiger partial charge in [-0.25, -0.2) is 4.68 Å². The van der Waals surface area contributed by atoms with Crippen LogP contribution in [-0.2, 0) is 6.18 Å². The van der Waals surface area contributed by atoms with E-state index in [2.05, 4.69) is 5.10 Å². The molecule has 0 saturated carbocycles. The van der Waals surface area contributed by atoms with Crippen molar-refractivity contribution < 1.29 is 23.1 Å². The zero-order valence-corrected chi connectivity index (χ0v) is 14.0. The van der Waals surface area contributed by atoms with E-state index < -0.39 is 17.8 Å². The summed E-state index contributed by atoms with van der Waals surface area (Å²) in [6.45, 7) is 3.65. The molecule has 0 N–H and O–H groups in total. The average Bonchev–Trinajstić information content (AvgIpc) is 3.02. The van der Waals surface area contributed by atoms with Gasteiger partial charge in [-0.2, -0.15) is 18.3 Å². The number of nitrogens with zero attached hydrogens (tertiary/aromatic N) is 2. The number of carbonyl (C=O) groups is 1. The van der Waals surface area contributed by atoms with Crippen molar-refractivity contribution in [3.63, 3.8) is 0 Å². The van der Waals surface area contributed by atoms with Gasteiger partial charge in [-0.05, 0) is 49.2 Å². The predicted octanol–water partition coefficient (Wildman–Crippen LogP) is 3.54. The van der Waals surface area contributed by atoms with E-state index in [1.807, 2.05) is 19.1 Å². The van der Waals surface area contributed by atoms with Gasteiger partial charge in [0.2, 0.25) is 0 Å². The summed E-state index contributed by atoms with van der Waals surface area (Å²) in [5.41, 5.74) is 1.84. The van der Waals surface area contributed by atoms with Gasteiger partial charge in [-0.15, -0.1) is 0 Å². The Bertz CT molecular complexity index is 973. The number of alkyl halides is 3. The molecule has 26 heavy (non-hydrogen) atoms. The molecular formula is C19H14F3N2O2-. The lowest BCUT2D eigenvalue weighted by atomic mass is 10.0. The van der Waals surface area contributed by atoms with Crippen LogP contribution in [-0.4, -0.2) is 15.7 Å². The molecule has 0 amide bonds. The van der Waals surface area contributed by atoms with Crippen molar-refractivity contribution in [2.24, 2.45) is 0 Å². The van der Waals surface area contributed by atoms with E-state index in [1.54, 1.807) is 13.0 Å². The molecule has 0 saturated heterocycles. The fraction of sp³-hybridized carbons (Fsp3) is 0.158. The van der Waals surface area contributed by atoms with E-state index in [1.165, 1.54) is 28.9 Å². The summed E-state index contributed by atoms with van der Waals surface area (Å²) >= 11 is 0. The molecule has 1 aromatic heterocycles. The van der Waals surface area contributed by atoms with Crippen molar-refractivity contribution in [3.05, 3.63) is 70.9 Å². The first-order valence-corrected chi connectivity index (χ1v) is 7.73. The van der Waals surface area contributed by atoms with Crippen LogP contribution >= 0.6 is 0 Å². The fourth-order valence-corrected chi connectivity index (χ4v) is 2.66. The first kappa shape index (κ1) is 17.7. The Balaban J connectivity index is 2.22. The molecule has 0 spiro atoms. The summed E-state index contributed by atoms with van der Waals surface area (Å²) in [5.74, 6) is -1.36. The standard InChI is InChI=1S/C19H15F3N2O2/c1-11-3-4-12(2)15(9-11)16-10-17(19(20,21)22)23-24(16)14-7-5-13(6-8-14)18(25)26/h3-10H,1-2H3,(H,25,26)/p-1. The zero-order valence-electron chi connectivity index (χ0n) is 14.0. The van der Waals surface area contributed by atoms with Crippen LogP contribution < -0.4 is 5.11 Å². The molecule has 0 unspecified atom stereocenters. The molecule has 3 rings (SSSR count). The molecule has 134 valence electrons. The molecule has 0 radical (unpaired) electrons. The molecule has 2 aromatic carbocycles. The predicted molar refractivity (Wildman–Crippen MR) is 87.8 cm³/mol. The minimum Gasteiger partial charge on any atom is -0.545 e. The Labute approximate surface area is 147 Å². The molecule has 3 aromatic rings. The molecule has 0 bridgehead atoms. The second-order valence-corrected chi connectivity index (χ2v) is 5.98. The molecule has 1 heterocycles. The van der Waals surface area contributed by atoms with Gasteiger partial charge in [0.05, 0.1) is 17.4 Å². The lowest BCUT2D eigenvalue weighted by Crippen LogP contribution is -2.22. The van der Waals surface area contributed by atoms with Gasteiger partial charge in [-0.1, -0.05) is 29.8 Å². The lowest BCUT2D eigenvalue weighted by Gasteiger charge is -2.11. The van der Waals surface area contributed by atoms with Crippen LogP contribution in [0.15, 0.2) is 48.5 Å². The number of aromatic carboxylic acids is 1. The Morgan fingerprint density at radius 1 is 1.04 bits per heavy atom. The SMILES string of the molecule is Cc1ccc(C)c(-c2cc(C(F)(F)F)nn2-c2ccc(C(=O)[O-])cc2)c1. The van der Waals surface area contributed by atoms with Crippen LogP contribution in [0, 0.1) is 13.8 Å². The number of halogens is 3. The largest absolute Gasteiger partial charge is 0.545 e. The van der Waals surface area contributed by atoms with Crippen LogP contribution in [0.3, 0.4) is 0 Å². The summed E-state index contributed by atoms with van der Waals surface area (Å²) in [4.78, 5) is 10.9. The topological polar surface area (TPSA) is 58.0 Å². The summed E-state index contributed by atoms with van der Waals surface area (Å²) in [7, 11) is 0. The Hall–Kier alpha value is -3.09. The first-order chi connectivity index (χ1) is 12.2. The minimum absolute atomic E-state index is 0.0646. The third kappa shape index (κ3) is 3.33. The molecular weight excluding hydrogens is 345 g/mol. The zero-order chi connectivity index (χ0) is 19.1. The van der Waals surface area contributed by atoms with Crippen molar-refractivity contribution in [1.82, 2.24) is 9.78 Å². The Morgan fingerprint density at radius 3 is 2.27 bits per heavy atom. The van der Waals surface area contributed by atoms with Crippen LogP contribution in [0.4, 0.5) is 13.2 Å². The molecule has 7 heteroatoms. The molecule has 0 fully saturated rings. The van der Waals surface area contributed by atoms with Gasteiger partial charge in [0.25, 0.3) is 0 Å². The van der Waals surface area contributed by atoms with E-state index in [0.717, 1.165) is 17.2 Å². The van der Waals surface area contributed by atoms with Crippen LogP contribution in [0.25, 0.3) is 16.9 Å². The van der Waals surface area contributed by atoms with Gasteiger partial charge in [0, 0.05) is 5.56 Å². The average molecular weight is 359 g/mol. The summed E-state index contributed by atoms with van der Waals surface area (Å²) < 4.78 is 40.8. The number of carboxylic acid groups (broad SMARTS) is 1. The van der Waals surface area contributed by atoms with Gasteiger partial charge in [0.1, 0.15) is 0 Å². The number of benzene rings is 2. The number of hydrogen-bond acceptors (Lipinski definition) is 3. The fourth-order valence-electron chi connectivity index (χ4n) is 2.66. The van der Waals surface area contributed by atoms with Crippen LogP contribution in [0.2, 0.25) is 0 Å². The van der Waals surface area contributed by atoms with Gasteiger partial charge in [0.15, 0.2) is 5.69 Å². The monoisotopic (exact) mass is 359 g/mol. The second-order valence-electron chi connectivity index (χ2n) is 5.98. The molecule has 4 nitrogen and oxygen atoms in total. The first-order valence-electron chi connectivity index (χ1n) is 7.73. The third-order valence-electron chi connectivity index (χ3n) is 4.02. The van der Waals surface area contributed by atoms with Crippen LogP contribution in [0.5, 0.6) is 0 Å². The van der Waals surface area contributed by atoms with Crippen molar-refractivity contribution in [2.75, 3.05) is 0 Å². The number of carboxylic acids is 1. The number of hydrogen-bond donors (Lipinski definition) is 0. The highest BCUT2D eigenvalue weighted by atomic mass is 19.4. The van der Waals surface area contributed by atoms with E-state index in [0.29, 0.717) is 11.3 Å². The lowest BCUT2D eigenvalue weighted by molar-refractivity contribution is -0.255. The number of aromatic nitrogens is 2. The highest BCUT2D eigenvalue weighted by Gasteiger charge is 2.35.